The summed E-state index contributed by atoms with van der Waals surface area (Å²) in [5, 5.41) is 0. The normalized spacial score (nSPS) is 22.2. The molecule has 1 aromatic rings. The molecule has 2 N–H and O–H groups in total. The Morgan fingerprint density at radius 1 is 1.25 bits per heavy atom. The molecule has 16 heavy (non-hydrogen) atoms. The van der Waals surface area contributed by atoms with Crippen molar-refractivity contribution in [1.29, 1.82) is 0 Å². The molecule has 0 fully saturated rings. The highest BCUT2D eigenvalue weighted by Crippen LogP contribution is 2.24. The SMILES string of the molecule is NC1N=C2C=CC=CN2Cc2ccccc21. The number of rotatable bonds is 0. The van der Waals surface area contributed by atoms with Crippen LogP contribution in [0.1, 0.15) is 17.3 Å². The minimum absolute atomic E-state index is 0.257. The number of fused-ring (bicyclic) bond motifs is 2. The van der Waals surface area contributed by atoms with Crippen molar-refractivity contribution in [3.05, 3.63) is 59.8 Å². The summed E-state index contributed by atoms with van der Waals surface area (Å²) >= 11 is 0. The number of hydrogen-bond donors (Lipinski definition) is 1. The lowest BCUT2D eigenvalue weighted by Crippen LogP contribution is -2.24. The number of benzene rings is 1. The van der Waals surface area contributed by atoms with Crippen molar-refractivity contribution < 1.29 is 0 Å². The second-order valence-electron chi connectivity index (χ2n) is 3.96. The Kier molecular flexibility index (Phi) is 2.11. The zero-order valence-electron chi connectivity index (χ0n) is 8.88. The maximum Gasteiger partial charge on any atom is 0.129 e. The van der Waals surface area contributed by atoms with Crippen molar-refractivity contribution in [3.63, 3.8) is 0 Å². The van der Waals surface area contributed by atoms with Crippen LogP contribution in [-0.4, -0.2) is 10.7 Å². The van der Waals surface area contributed by atoms with Gasteiger partial charge in [-0.1, -0.05) is 30.3 Å². The summed E-state index contributed by atoms with van der Waals surface area (Å²) in [4.78, 5) is 6.64. The average molecular weight is 211 g/mol. The third-order valence-electron chi connectivity index (χ3n) is 2.90. The molecule has 0 saturated carbocycles. The highest BCUT2D eigenvalue weighted by atomic mass is 15.2. The molecule has 0 aromatic heterocycles. The van der Waals surface area contributed by atoms with E-state index in [2.05, 4.69) is 22.0 Å². The van der Waals surface area contributed by atoms with Gasteiger partial charge in [0.15, 0.2) is 0 Å². The predicted molar refractivity (Wildman–Crippen MR) is 64.6 cm³/mol. The number of aliphatic imine (C=N–C) groups is 1. The first kappa shape index (κ1) is 9.36. The molecule has 2 heterocycles. The maximum atomic E-state index is 6.08. The van der Waals surface area contributed by atoms with Crippen LogP contribution in [0.3, 0.4) is 0 Å². The Morgan fingerprint density at radius 2 is 2.12 bits per heavy atom. The van der Waals surface area contributed by atoms with Crippen LogP contribution in [0.25, 0.3) is 0 Å². The summed E-state index contributed by atoms with van der Waals surface area (Å²) in [5.74, 6) is 0.936. The van der Waals surface area contributed by atoms with Gasteiger partial charge in [-0.2, -0.15) is 0 Å². The van der Waals surface area contributed by atoms with E-state index in [1.165, 1.54) is 5.56 Å². The van der Waals surface area contributed by atoms with E-state index < -0.39 is 0 Å². The van der Waals surface area contributed by atoms with Crippen LogP contribution in [0.5, 0.6) is 0 Å². The van der Waals surface area contributed by atoms with Crippen LogP contribution < -0.4 is 5.73 Å². The van der Waals surface area contributed by atoms with Crippen LogP contribution in [0.15, 0.2) is 53.7 Å². The summed E-state index contributed by atoms with van der Waals surface area (Å²) in [5.41, 5.74) is 8.44. The smallest absolute Gasteiger partial charge is 0.129 e. The highest BCUT2D eigenvalue weighted by molar-refractivity contribution is 5.95. The average Bonchev–Trinajstić information content (AvgIpc) is 2.45. The van der Waals surface area contributed by atoms with Crippen molar-refractivity contribution in [3.8, 4) is 0 Å². The van der Waals surface area contributed by atoms with Gasteiger partial charge < -0.3 is 10.6 Å². The molecule has 2 aliphatic heterocycles. The fraction of sp³-hybridized carbons (Fsp3) is 0.154. The summed E-state index contributed by atoms with van der Waals surface area (Å²) in [7, 11) is 0. The Hall–Kier alpha value is -1.87. The van der Waals surface area contributed by atoms with Crippen molar-refractivity contribution in [2.24, 2.45) is 10.7 Å². The zero-order chi connectivity index (χ0) is 11.0. The fourth-order valence-corrected chi connectivity index (χ4v) is 2.08. The molecule has 0 spiro atoms. The van der Waals surface area contributed by atoms with Crippen LogP contribution in [0, 0.1) is 0 Å². The number of hydrogen-bond acceptors (Lipinski definition) is 3. The summed E-state index contributed by atoms with van der Waals surface area (Å²) in [6.45, 7) is 0.837. The maximum absolute atomic E-state index is 6.08. The topological polar surface area (TPSA) is 41.6 Å². The van der Waals surface area contributed by atoms with Gasteiger partial charge in [-0.25, -0.2) is 4.99 Å². The number of allylic oxidation sites excluding steroid dienone is 2. The van der Waals surface area contributed by atoms with Gasteiger partial charge in [0.25, 0.3) is 0 Å². The molecule has 1 aromatic carbocycles. The molecule has 0 saturated heterocycles. The third-order valence-corrected chi connectivity index (χ3v) is 2.90. The van der Waals surface area contributed by atoms with Crippen molar-refractivity contribution in [2.45, 2.75) is 12.7 Å². The lowest BCUT2D eigenvalue weighted by molar-refractivity contribution is 0.555. The van der Waals surface area contributed by atoms with Crippen LogP contribution in [0.2, 0.25) is 0 Å². The Balaban J connectivity index is 2.10. The fourth-order valence-electron chi connectivity index (χ4n) is 2.08. The highest BCUT2D eigenvalue weighted by Gasteiger charge is 2.19. The van der Waals surface area contributed by atoms with Crippen molar-refractivity contribution in [2.75, 3.05) is 0 Å². The lowest BCUT2D eigenvalue weighted by atomic mass is 10.1. The van der Waals surface area contributed by atoms with Gasteiger partial charge in [0.2, 0.25) is 0 Å². The predicted octanol–water partition coefficient (Wildman–Crippen LogP) is 1.94. The van der Waals surface area contributed by atoms with Gasteiger partial charge in [0.1, 0.15) is 12.0 Å². The van der Waals surface area contributed by atoms with Crippen molar-refractivity contribution >= 4 is 5.84 Å². The summed E-state index contributed by atoms with van der Waals surface area (Å²) in [6.07, 6.45) is 7.77. The molecule has 0 radical (unpaired) electrons. The van der Waals surface area contributed by atoms with Gasteiger partial charge in [0.05, 0.1) is 0 Å². The number of amidine groups is 1. The minimum atomic E-state index is -0.257. The van der Waals surface area contributed by atoms with E-state index in [4.69, 9.17) is 5.73 Å². The largest absolute Gasteiger partial charge is 0.329 e. The standard InChI is InChI=1S/C13H13N3/c14-13-11-6-2-1-5-10(11)9-16-8-4-3-7-12(16)15-13/h1-8,13H,9,14H2. The Labute approximate surface area is 94.6 Å². The Bertz CT molecular complexity index is 500. The minimum Gasteiger partial charge on any atom is -0.329 e. The quantitative estimate of drug-likeness (QED) is 0.712. The summed E-state index contributed by atoms with van der Waals surface area (Å²) < 4.78 is 0. The monoisotopic (exact) mass is 211 g/mol. The second-order valence-corrected chi connectivity index (χ2v) is 3.96. The van der Waals surface area contributed by atoms with Gasteiger partial charge in [-0.3, -0.25) is 0 Å². The van der Waals surface area contributed by atoms with E-state index in [1.807, 2.05) is 36.6 Å². The van der Waals surface area contributed by atoms with Gasteiger partial charge >= 0.3 is 0 Å². The van der Waals surface area contributed by atoms with E-state index in [1.54, 1.807) is 0 Å². The number of nitrogens with two attached hydrogens (primary N) is 1. The molecule has 0 bridgehead atoms. The first-order valence-electron chi connectivity index (χ1n) is 5.37. The molecule has 80 valence electrons. The first-order chi connectivity index (χ1) is 7.84. The molecular formula is C13H13N3. The van der Waals surface area contributed by atoms with Crippen LogP contribution >= 0.6 is 0 Å². The molecule has 2 aliphatic rings. The van der Waals surface area contributed by atoms with Crippen LogP contribution in [0.4, 0.5) is 0 Å². The van der Waals surface area contributed by atoms with E-state index in [-0.39, 0.29) is 6.17 Å². The molecule has 3 rings (SSSR count). The van der Waals surface area contributed by atoms with Gasteiger partial charge in [-0.05, 0) is 23.3 Å². The lowest BCUT2D eigenvalue weighted by Gasteiger charge is -2.20. The molecule has 3 nitrogen and oxygen atoms in total. The molecule has 0 amide bonds. The molecule has 1 atom stereocenters. The molecule has 0 aliphatic carbocycles. The zero-order valence-corrected chi connectivity index (χ0v) is 8.88. The van der Waals surface area contributed by atoms with E-state index in [0.29, 0.717) is 0 Å². The second kappa shape index (κ2) is 3.61. The van der Waals surface area contributed by atoms with E-state index in [0.717, 1.165) is 17.9 Å². The van der Waals surface area contributed by atoms with Gasteiger partial charge in [-0.15, -0.1) is 0 Å². The molecular weight excluding hydrogens is 198 g/mol. The molecule has 1 unspecified atom stereocenters. The van der Waals surface area contributed by atoms with Crippen molar-refractivity contribution in [1.82, 2.24) is 4.90 Å². The number of nitrogens with zero attached hydrogens (tertiary/aromatic N) is 2. The van der Waals surface area contributed by atoms with Gasteiger partial charge in [0, 0.05) is 12.7 Å². The Morgan fingerprint density at radius 3 is 3.06 bits per heavy atom. The van der Waals surface area contributed by atoms with Crippen LogP contribution in [-0.2, 0) is 6.54 Å². The van der Waals surface area contributed by atoms with E-state index >= 15 is 0 Å². The van der Waals surface area contributed by atoms with E-state index in [9.17, 15) is 0 Å². The third kappa shape index (κ3) is 1.46. The first-order valence-corrected chi connectivity index (χ1v) is 5.37. The summed E-state index contributed by atoms with van der Waals surface area (Å²) in [6, 6.07) is 8.21. The molecule has 3 heteroatoms.